The molecule has 110 valence electrons. The van der Waals surface area contributed by atoms with Gasteiger partial charge in [-0.3, -0.25) is 0 Å². The van der Waals surface area contributed by atoms with Gasteiger partial charge in [0.25, 0.3) is 0 Å². The number of benzene rings is 1. The van der Waals surface area contributed by atoms with Crippen molar-refractivity contribution in [2.24, 2.45) is 0 Å². The van der Waals surface area contributed by atoms with E-state index in [4.69, 9.17) is 16.7 Å². The second-order valence-corrected chi connectivity index (χ2v) is 7.02. The van der Waals surface area contributed by atoms with Crippen molar-refractivity contribution in [2.45, 2.75) is 43.0 Å². The number of halogens is 1. The number of aromatic carboxylic acids is 1. The van der Waals surface area contributed by atoms with Gasteiger partial charge < -0.3 is 5.11 Å². The summed E-state index contributed by atoms with van der Waals surface area (Å²) in [6.07, 6.45) is 4.78. The summed E-state index contributed by atoms with van der Waals surface area (Å²) in [5, 5.41) is 9.00. The Bertz CT molecular complexity index is 609. The van der Waals surface area contributed by atoms with Gasteiger partial charge in [-0.05, 0) is 31.0 Å². The fourth-order valence-electron chi connectivity index (χ4n) is 2.34. The second-order valence-electron chi connectivity index (χ2n) is 4.90. The average Bonchev–Trinajstić information content (AvgIpc) is 2.39. The number of rotatable bonds is 4. The molecule has 0 amide bonds. The average molecular weight is 318 g/mol. The van der Waals surface area contributed by atoms with Crippen molar-refractivity contribution in [2.75, 3.05) is 0 Å². The highest BCUT2D eigenvalue weighted by atomic mass is 35.5. The van der Waals surface area contributed by atoms with Gasteiger partial charge in [0.15, 0.2) is 0 Å². The van der Waals surface area contributed by atoms with Crippen molar-refractivity contribution in [3.63, 3.8) is 0 Å². The van der Waals surface area contributed by atoms with Crippen LogP contribution in [0, 0.1) is 0 Å². The molecule has 0 bridgehead atoms. The van der Waals surface area contributed by atoms with Gasteiger partial charge >= 0.3 is 5.97 Å². The highest BCUT2D eigenvalue weighted by Gasteiger charge is 2.23. The molecule has 1 aromatic carbocycles. The van der Waals surface area contributed by atoms with Crippen LogP contribution in [0.15, 0.2) is 23.1 Å². The molecule has 1 fully saturated rings. The summed E-state index contributed by atoms with van der Waals surface area (Å²) in [6.45, 7) is 0. The molecular formula is C13H16ClNO4S. The van der Waals surface area contributed by atoms with Crippen molar-refractivity contribution in [3.05, 3.63) is 28.8 Å². The van der Waals surface area contributed by atoms with E-state index in [1.54, 1.807) is 0 Å². The Balaban J connectivity index is 2.24. The van der Waals surface area contributed by atoms with Gasteiger partial charge in [-0.2, -0.15) is 0 Å². The lowest BCUT2D eigenvalue weighted by Gasteiger charge is -2.22. The summed E-state index contributed by atoms with van der Waals surface area (Å²) in [7, 11) is -3.70. The smallest absolute Gasteiger partial charge is 0.337 e. The number of carboxylic acids is 1. The zero-order valence-electron chi connectivity index (χ0n) is 10.8. The van der Waals surface area contributed by atoms with Crippen LogP contribution in [-0.4, -0.2) is 25.5 Å². The summed E-state index contributed by atoms with van der Waals surface area (Å²) in [5.41, 5.74) is -0.210. The minimum absolute atomic E-state index is 0.0223. The summed E-state index contributed by atoms with van der Waals surface area (Å²) < 4.78 is 27.1. The molecule has 7 heteroatoms. The third-order valence-electron chi connectivity index (χ3n) is 3.41. The first-order valence-corrected chi connectivity index (χ1v) is 8.31. The Morgan fingerprint density at radius 2 is 1.90 bits per heavy atom. The van der Waals surface area contributed by atoms with Gasteiger partial charge in [0.05, 0.1) is 15.5 Å². The number of sulfonamides is 1. The van der Waals surface area contributed by atoms with E-state index >= 15 is 0 Å². The number of carboxylic acid groups (broad SMARTS) is 1. The molecule has 2 N–H and O–H groups in total. The molecule has 1 saturated carbocycles. The van der Waals surface area contributed by atoms with Crippen LogP contribution in [0.5, 0.6) is 0 Å². The molecular weight excluding hydrogens is 302 g/mol. The quantitative estimate of drug-likeness (QED) is 0.894. The largest absolute Gasteiger partial charge is 0.478 e. The lowest BCUT2D eigenvalue weighted by atomic mass is 9.96. The maximum absolute atomic E-state index is 12.2. The predicted octanol–water partition coefficient (Wildman–Crippen LogP) is 2.65. The first-order valence-electron chi connectivity index (χ1n) is 6.45. The van der Waals surface area contributed by atoms with E-state index in [2.05, 4.69) is 4.72 Å². The van der Waals surface area contributed by atoms with Gasteiger partial charge in [0.2, 0.25) is 10.0 Å². The topological polar surface area (TPSA) is 83.5 Å². The molecule has 0 aromatic heterocycles. The SMILES string of the molecule is O=C(O)c1cc(S(=O)(=O)NC2CCCCC2)ccc1Cl. The number of hydrogen-bond acceptors (Lipinski definition) is 3. The molecule has 0 heterocycles. The number of carbonyl (C=O) groups is 1. The van der Waals surface area contributed by atoms with E-state index in [1.165, 1.54) is 12.1 Å². The van der Waals surface area contributed by atoms with Gasteiger partial charge in [-0.15, -0.1) is 0 Å². The van der Waals surface area contributed by atoms with Gasteiger partial charge in [0, 0.05) is 6.04 Å². The lowest BCUT2D eigenvalue weighted by molar-refractivity contribution is 0.0697. The fourth-order valence-corrected chi connectivity index (χ4v) is 3.87. The van der Waals surface area contributed by atoms with Crippen molar-refractivity contribution < 1.29 is 18.3 Å². The Labute approximate surface area is 123 Å². The highest BCUT2D eigenvalue weighted by molar-refractivity contribution is 7.89. The van der Waals surface area contributed by atoms with E-state index in [0.717, 1.165) is 38.2 Å². The Morgan fingerprint density at radius 3 is 2.50 bits per heavy atom. The molecule has 0 saturated heterocycles. The Hall–Kier alpha value is -1.11. The third kappa shape index (κ3) is 3.50. The summed E-state index contributed by atoms with van der Waals surface area (Å²) in [6, 6.07) is 3.63. The van der Waals surface area contributed by atoms with Crippen molar-refractivity contribution in [1.29, 1.82) is 0 Å². The van der Waals surface area contributed by atoms with Crippen LogP contribution >= 0.6 is 11.6 Å². The fraction of sp³-hybridized carbons (Fsp3) is 0.462. The van der Waals surface area contributed by atoms with Crippen LogP contribution in [-0.2, 0) is 10.0 Å². The van der Waals surface area contributed by atoms with Gasteiger partial charge in [0.1, 0.15) is 0 Å². The molecule has 0 spiro atoms. The van der Waals surface area contributed by atoms with Crippen molar-refractivity contribution in [3.8, 4) is 0 Å². The summed E-state index contributed by atoms with van der Waals surface area (Å²) in [4.78, 5) is 10.9. The molecule has 5 nitrogen and oxygen atoms in total. The molecule has 0 atom stereocenters. The molecule has 1 aliphatic rings. The van der Waals surface area contributed by atoms with E-state index < -0.39 is 16.0 Å². The van der Waals surface area contributed by atoms with E-state index in [1.807, 2.05) is 0 Å². The molecule has 1 aromatic rings. The minimum Gasteiger partial charge on any atom is -0.478 e. The van der Waals surface area contributed by atoms with Gasteiger partial charge in [-0.1, -0.05) is 30.9 Å². The van der Waals surface area contributed by atoms with Crippen LogP contribution in [0.4, 0.5) is 0 Å². The first kappa shape index (κ1) is 15.3. The summed E-state index contributed by atoms with van der Waals surface area (Å²) >= 11 is 5.74. The van der Waals surface area contributed by atoms with Crippen molar-refractivity contribution in [1.82, 2.24) is 4.72 Å². The molecule has 1 aliphatic carbocycles. The molecule has 0 aliphatic heterocycles. The van der Waals surface area contributed by atoms with E-state index in [9.17, 15) is 13.2 Å². The van der Waals surface area contributed by atoms with Crippen LogP contribution < -0.4 is 4.72 Å². The summed E-state index contributed by atoms with van der Waals surface area (Å²) in [5.74, 6) is -1.25. The third-order valence-corrected chi connectivity index (χ3v) is 5.25. The monoisotopic (exact) mass is 317 g/mol. The zero-order chi connectivity index (χ0) is 14.8. The second kappa shape index (κ2) is 6.11. The predicted molar refractivity (Wildman–Crippen MR) is 75.6 cm³/mol. The molecule has 0 unspecified atom stereocenters. The standard InChI is InChI=1S/C13H16ClNO4S/c14-12-7-6-10(8-11(12)13(16)17)20(18,19)15-9-4-2-1-3-5-9/h6-9,15H,1-5H2,(H,16,17). The zero-order valence-corrected chi connectivity index (χ0v) is 12.4. The van der Waals surface area contributed by atoms with Crippen LogP contribution in [0.1, 0.15) is 42.5 Å². The number of hydrogen-bond donors (Lipinski definition) is 2. The van der Waals surface area contributed by atoms with Crippen LogP contribution in [0.25, 0.3) is 0 Å². The van der Waals surface area contributed by atoms with Crippen molar-refractivity contribution >= 4 is 27.6 Å². The number of nitrogens with one attached hydrogen (secondary N) is 1. The van der Waals surface area contributed by atoms with E-state index in [0.29, 0.717) is 0 Å². The van der Waals surface area contributed by atoms with E-state index in [-0.39, 0.29) is 21.5 Å². The Morgan fingerprint density at radius 1 is 1.25 bits per heavy atom. The normalized spacial score (nSPS) is 17.1. The minimum atomic E-state index is -3.70. The maximum Gasteiger partial charge on any atom is 0.337 e. The maximum atomic E-state index is 12.2. The van der Waals surface area contributed by atoms with Gasteiger partial charge in [-0.25, -0.2) is 17.9 Å². The molecule has 0 radical (unpaired) electrons. The molecule has 20 heavy (non-hydrogen) atoms. The Kier molecular flexibility index (Phi) is 4.67. The van der Waals surface area contributed by atoms with Crippen LogP contribution in [0.3, 0.4) is 0 Å². The molecule has 2 rings (SSSR count). The van der Waals surface area contributed by atoms with Crippen LogP contribution in [0.2, 0.25) is 5.02 Å². The lowest BCUT2D eigenvalue weighted by Crippen LogP contribution is -2.36. The highest BCUT2D eigenvalue weighted by Crippen LogP contribution is 2.23. The first-order chi connectivity index (χ1) is 9.40.